The molecule has 0 radical (unpaired) electrons. The Kier molecular flexibility index (Phi) is 6.11. The minimum absolute atomic E-state index is 0.0237. The number of nitrogens with one attached hydrogen (secondary N) is 2. The number of ether oxygens (including phenoxy) is 1. The molecule has 5 N–H and O–H groups in total. The van der Waals surface area contributed by atoms with Gasteiger partial charge in [-0.05, 0) is 36.2 Å². The molecule has 0 bridgehead atoms. The Hall–Kier alpha value is -3.35. The number of nitrogens with two attached hydrogens (primary N) is 1. The van der Waals surface area contributed by atoms with E-state index in [2.05, 4.69) is 5.32 Å². The number of carboxylic acid groups (broad SMARTS) is 1. The molecule has 2 aromatic rings. The van der Waals surface area contributed by atoms with E-state index in [1.807, 2.05) is 12.1 Å². The van der Waals surface area contributed by atoms with Crippen molar-refractivity contribution in [3.8, 4) is 5.75 Å². The summed E-state index contributed by atoms with van der Waals surface area (Å²) in [5, 5.41) is 18.7. The molecule has 0 saturated heterocycles. The summed E-state index contributed by atoms with van der Waals surface area (Å²) in [4.78, 5) is 22.5. The fourth-order valence-corrected chi connectivity index (χ4v) is 2.12. The average molecular weight is 341 g/mol. The van der Waals surface area contributed by atoms with Crippen molar-refractivity contribution < 1.29 is 19.4 Å². The fraction of sp³-hybridized carbons (Fsp3) is 0.167. The Morgan fingerprint density at radius 1 is 1.04 bits per heavy atom. The lowest BCUT2D eigenvalue weighted by Crippen LogP contribution is -2.25. The highest BCUT2D eigenvalue weighted by atomic mass is 16.5. The Morgan fingerprint density at radius 3 is 2.20 bits per heavy atom. The molecular weight excluding hydrogens is 322 g/mol. The molecule has 0 aliphatic carbocycles. The van der Waals surface area contributed by atoms with Crippen LogP contribution in [0.25, 0.3) is 0 Å². The van der Waals surface area contributed by atoms with Crippen LogP contribution in [0.2, 0.25) is 0 Å². The summed E-state index contributed by atoms with van der Waals surface area (Å²) >= 11 is 0. The smallest absolute Gasteiger partial charge is 0.341 e. The summed E-state index contributed by atoms with van der Waals surface area (Å²) in [6.07, 6.45) is 0.656. The summed E-state index contributed by atoms with van der Waals surface area (Å²) in [6, 6.07) is 13.6. The summed E-state index contributed by atoms with van der Waals surface area (Å²) in [7, 11) is 0. The average Bonchev–Trinajstić information content (AvgIpc) is 2.60. The van der Waals surface area contributed by atoms with Crippen molar-refractivity contribution in [2.75, 3.05) is 13.2 Å². The standard InChI is InChI=1S/C18H19N3O4/c19-17(20)13-3-1-12(2-4-13)9-10-21-18(24)14-5-7-15(8-6-14)25-11-16(22)23/h1-8H,9-11H2,(H3,19,20)(H,21,24)(H,22,23). The largest absolute Gasteiger partial charge is 0.482 e. The van der Waals surface area contributed by atoms with Crippen LogP contribution < -0.4 is 15.8 Å². The summed E-state index contributed by atoms with van der Waals surface area (Å²) < 4.78 is 5.01. The molecule has 1 amide bonds. The van der Waals surface area contributed by atoms with Crippen LogP contribution >= 0.6 is 0 Å². The van der Waals surface area contributed by atoms with E-state index in [9.17, 15) is 9.59 Å². The zero-order valence-electron chi connectivity index (χ0n) is 13.5. The lowest BCUT2D eigenvalue weighted by Gasteiger charge is -2.07. The van der Waals surface area contributed by atoms with Gasteiger partial charge in [-0.2, -0.15) is 0 Å². The maximum atomic E-state index is 12.1. The molecule has 0 aliphatic rings. The van der Waals surface area contributed by atoms with Crippen LogP contribution in [0.15, 0.2) is 48.5 Å². The van der Waals surface area contributed by atoms with E-state index < -0.39 is 12.6 Å². The molecule has 130 valence electrons. The third-order valence-electron chi connectivity index (χ3n) is 3.44. The van der Waals surface area contributed by atoms with Crippen LogP contribution in [-0.4, -0.2) is 36.0 Å². The van der Waals surface area contributed by atoms with E-state index in [0.717, 1.165) is 5.56 Å². The summed E-state index contributed by atoms with van der Waals surface area (Å²) in [6.45, 7) is 0.0451. The van der Waals surface area contributed by atoms with E-state index in [1.165, 1.54) is 0 Å². The predicted molar refractivity (Wildman–Crippen MR) is 93.1 cm³/mol. The second kappa shape index (κ2) is 8.49. The van der Waals surface area contributed by atoms with Gasteiger partial charge in [-0.1, -0.05) is 24.3 Å². The molecule has 0 heterocycles. The van der Waals surface area contributed by atoms with Gasteiger partial charge < -0.3 is 20.9 Å². The first-order chi connectivity index (χ1) is 12.0. The van der Waals surface area contributed by atoms with E-state index in [0.29, 0.717) is 29.8 Å². The molecule has 2 aromatic carbocycles. The number of benzene rings is 2. The Balaban J connectivity index is 1.81. The lowest BCUT2D eigenvalue weighted by molar-refractivity contribution is -0.139. The van der Waals surface area contributed by atoms with Gasteiger partial charge in [0.05, 0.1) is 0 Å². The first-order valence-corrected chi connectivity index (χ1v) is 7.62. The first-order valence-electron chi connectivity index (χ1n) is 7.62. The minimum atomic E-state index is -1.06. The van der Waals surface area contributed by atoms with Crippen LogP contribution in [0.5, 0.6) is 5.75 Å². The molecule has 0 fully saturated rings. The molecule has 0 unspecified atom stereocenters. The normalized spacial score (nSPS) is 10.1. The number of aliphatic carboxylic acids is 1. The predicted octanol–water partition coefficient (Wildman–Crippen LogP) is 1.41. The third kappa shape index (κ3) is 5.65. The molecular formula is C18H19N3O4. The van der Waals surface area contributed by atoms with Gasteiger partial charge in [0.2, 0.25) is 0 Å². The topological polar surface area (TPSA) is 126 Å². The monoisotopic (exact) mass is 341 g/mol. The van der Waals surface area contributed by atoms with Gasteiger partial charge in [-0.3, -0.25) is 10.2 Å². The van der Waals surface area contributed by atoms with E-state index in [-0.39, 0.29) is 11.7 Å². The van der Waals surface area contributed by atoms with Crippen LogP contribution in [-0.2, 0) is 11.2 Å². The van der Waals surface area contributed by atoms with Crippen LogP contribution in [0.3, 0.4) is 0 Å². The number of nitrogen functional groups attached to an aromatic ring is 1. The molecule has 2 rings (SSSR count). The number of carbonyl (C=O) groups excluding carboxylic acids is 1. The maximum absolute atomic E-state index is 12.1. The number of carboxylic acids is 1. The highest BCUT2D eigenvalue weighted by Gasteiger charge is 2.06. The SMILES string of the molecule is N=C(N)c1ccc(CCNC(=O)c2ccc(OCC(=O)O)cc2)cc1. The molecule has 0 aliphatic heterocycles. The molecule has 7 heteroatoms. The second-order valence-electron chi connectivity index (χ2n) is 5.32. The van der Waals surface area contributed by atoms with Crippen molar-refractivity contribution in [2.45, 2.75) is 6.42 Å². The molecule has 0 atom stereocenters. The lowest BCUT2D eigenvalue weighted by atomic mass is 10.1. The highest BCUT2D eigenvalue weighted by Crippen LogP contribution is 2.12. The first kappa shape index (κ1) is 18.0. The van der Waals surface area contributed by atoms with Crippen molar-refractivity contribution in [3.05, 3.63) is 65.2 Å². The number of amides is 1. The number of carbonyl (C=O) groups is 2. The van der Waals surface area contributed by atoms with E-state index >= 15 is 0 Å². The Morgan fingerprint density at radius 2 is 1.64 bits per heavy atom. The molecule has 0 saturated carbocycles. The fourth-order valence-electron chi connectivity index (χ4n) is 2.12. The molecule has 25 heavy (non-hydrogen) atoms. The quantitative estimate of drug-likeness (QED) is 0.427. The van der Waals surface area contributed by atoms with Crippen LogP contribution in [0, 0.1) is 5.41 Å². The summed E-state index contributed by atoms with van der Waals surface area (Å²) in [5.74, 6) is -0.858. The second-order valence-corrected chi connectivity index (χ2v) is 5.32. The van der Waals surface area contributed by atoms with Crippen molar-refractivity contribution in [3.63, 3.8) is 0 Å². The van der Waals surface area contributed by atoms with Gasteiger partial charge in [0, 0.05) is 17.7 Å². The zero-order chi connectivity index (χ0) is 18.2. The van der Waals surface area contributed by atoms with Gasteiger partial charge in [-0.15, -0.1) is 0 Å². The minimum Gasteiger partial charge on any atom is -0.482 e. The van der Waals surface area contributed by atoms with Gasteiger partial charge in [0.25, 0.3) is 5.91 Å². The number of rotatable bonds is 8. The van der Waals surface area contributed by atoms with Crippen molar-refractivity contribution in [1.29, 1.82) is 5.41 Å². The number of amidine groups is 1. The van der Waals surface area contributed by atoms with Crippen LogP contribution in [0.4, 0.5) is 0 Å². The molecule has 7 nitrogen and oxygen atoms in total. The summed E-state index contributed by atoms with van der Waals surface area (Å²) in [5.41, 5.74) is 7.56. The van der Waals surface area contributed by atoms with E-state index in [1.54, 1.807) is 36.4 Å². The van der Waals surface area contributed by atoms with Crippen LogP contribution in [0.1, 0.15) is 21.5 Å². The van der Waals surface area contributed by atoms with Crippen molar-refractivity contribution in [1.82, 2.24) is 5.32 Å². The zero-order valence-corrected chi connectivity index (χ0v) is 13.5. The Bertz CT molecular complexity index is 755. The maximum Gasteiger partial charge on any atom is 0.341 e. The molecule has 0 spiro atoms. The van der Waals surface area contributed by atoms with E-state index in [4.69, 9.17) is 21.0 Å². The number of hydrogen-bond acceptors (Lipinski definition) is 4. The molecule has 0 aromatic heterocycles. The van der Waals surface area contributed by atoms with Crippen molar-refractivity contribution >= 4 is 17.7 Å². The van der Waals surface area contributed by atoms with Gasteiger partial charge in [0.1, 0.15) is 11.6 Å². The van der Waals surface area contributed by atoms with Gasteiger partial charge in [0.15, 0.2) is 6.61 Å². The number of hydrogen-bond donors (Lipinski definition) is 4. The highest BCUT2D eigenvalue weighted by molar-refractivity contribution is 5.95. The van der Waals surface area contributed by atoms with Crippen molar-refractivity contribution in [2.24, 2.45) is 5.73 Å². The Labute approximate surface area is 144 Å². The van der Waals surface area contributed by atoms with Gasteiger partial charge in [-0.25, -0.2) is 4.79 Å². The third-order valence-corrected chi connectivity index (χ3v) is 3.44. The van der Waals surface area contributed by atoms with Gasteiger partial charge >= 0.3 is 5.97 Å².